The molecule has 3 nitrogen and oxygen atoms in total. The molecule has 3 heteroatoms. The van der Waals surface area contributed by atoms with Crippen LogP contribution in [0.5, 0.6) is 0 Å². The molecule has 0 aromatic carbocycles. The summed E-state index contributed by atoms with van der Waals surface area (Å²) in [5.74, 6) is 0. The van der Waals surface area contributed by atoms with Crippen molar-refractivity contribution in [1.29, 1.82) is 0 Å². The van der Waals surface area contributed by atoms with Crippen LogP contribution in [-0.2, 0) is 0 Å². The fourth-order valence-corrected chi connectivity index (χ4v) is 0.632. The Morgan fingerprint density at radius 1 is 1.56 bits per heavy atom. The molecule has 0 rings (SSSR count). The van der Waals surface area contributed by atoms with Gasteiger partial charge in [0, 0.05) is 0 Å². The van der Waals surface area contributed by atoms with Gasteiger partial charge < -0.3 is 15.9 Å². The van der Waals surface area contributed by atoms with E-state index in [4.69, 9.17) is 15.9 Å². The number of nitrogens with two attached hydrogens (primary N) is 1. The van der Waals surface area contributed by atoms with Crippen LogP contribution in [0.1, 0.15) is 19.8 Å². The zero-order valence-corrected chi connectivity index (χ0v) is 5.75. The third-order valence-electron chi connectivity index (χ3n) is 1.29. The van der Waals surface area contributed by atoms with E-state index in [0.717, 1.165) is 6.42 Å². The lowest BCUT2D eigenvalue weighted by Crippen LogP contribution is -2.37. The average molecular weight is 133 g/mol. The van der Waals surface area contributed by atoms with Crippen molar-refractivity contribution >= 4 is 0 Å². The predicted molar refractivity (Wildman–Crippen MR) is 36.0 cm³/mol. The van der Waals surface area contributed by atoms with Gasteiger partial charge in [-0.1, -0.05) is 13.3 Å². The Balaban J connectivity index is 3.32. The summed E-state index contributed by atoms with van der Waals surface area (Å²) >= 11 is 0. The minimum Gasteiger partial charge on any atom is -0.395 e. The quantitative estimate of drug-likeness (QED) is 0.483. The molecule has 0 amide bonds. The van der Waals surface area contributed by atoms with Crippen molar-refractivity contribution < 1.29 is 10.2 Å². The Labute approximate surface area is 55.5 Å². The summed E-state index contributed by atoms with van der Waals surface area (Å²) in [6.07, 6.45) is 1.02. The largest absolute Gasteiger partial charge is 0.395 e. The molecule has 0 aliphatic carbocycles. The molecule has 0 aromatic rings. The van der Waals surface area contributed by atoms with Gasteiger partial charge in [0.2, 0.25) is 0 Å². The van der Waals surface area contributed by atoms with Gasteiger partial charge in [-0.3, -0.25) is 0 Å². The first-order valence-corrected chi connectivity index (χ1v) is 3.26. The smallest absolute Gasteiger partial charge is 0.0713 e. The summed E-state index contributed by atoms with van der Waals surface area (Å²) in [5, 5.41) is 17.5. The second-order valence-electron chi connectivity index (χ2n) is 2.20. The number of aliphatic hydroxyl groups excluding tert-OH is 2. The first-order chi connectivity index (χ1) is 4.22. The minimum atomic E-state index is -0.542. The van der Waals surface area contributed by atoms with Crippen molar-refractivity contribution in [3.63, 3.8) is 0 Å². The second-order valence-corrected chi connectivity index (χ2v) is 2.20. The number of rotatable bonds is 4. The molecular weight excluding hydrogens is 118 g/mol. The molecule has 0 unspecified atom stereocenters. The van der Waals surface area contributed by atoms with Crippen molar-refractivity contribution in [2.45, 2.75) is 31.9 Å². The van der Waals surface area contributed by atoms with Crippen molar-refractivity contribution in [3.05, 3.63) is 0 Å². The van der Waals surface area contributed by atoms with Crippen LogP contribution < -0.4 is 5.73 Å². The summed E-state index contributed by atoms with van der Waals surface area (Å²) in [5.41, 5.74) is 5.30. The fourth-order valence-electron chi connectivity index (χ4n) is 0.632. The average Bonchev–Trinajstić information content (AvgIpc) is 1.87. The van der Waals surface area contributed by atoms with Crippen molar-refractivity contribution in [2.24, 2.45) is 5.73 Å². The van der Waals surface area contributed by atoms with Crippen molar-refractivity contribution in [3.8, 4) is 0 Å². The highest BCUT2D eigenvalue weighted by Crippen LogP contribution is 1.98. The maximum Gasteiger partial charge on any atom is 0.0713 e. The first-order valence-electron chi connectivity index (χ1n) is 3.26. The van der Waals surface area contributed by atoms with E-state index in [1.165, 1.54) is 0 Å². The number of hydrogen-bond donors (Lipinski definition) is 3. The van der Waals surface area contributed by atoms with Crippen LogP contribution in [0.3, 0.4) is 0 Å². The van der Waals surface area contributed by atoms with Gasteiger partial charge >= 0.3 is 0 Å². The zero-order chi connectivity index (χ0) is 7.28. The highest BCUT2D eigenvalue weighted by Gasteiger charge is 2.10. The molecular formula is C6H15NO2. The molecule has 0 aliphatic rings. The van der Waals surface area contributed by atoms with Crippen LogP contribution in [0.2, 0.25) is 0 Å². The van der Waals surface area contributed by atoms with Gasteiger partial charge in [-0.15, -0.1) is 0 Å². The molecule has 0 spiro atoms. The lowest BCUT2D eigenvalue weighted by molar-refractivity contribution is 0.101. The van der Waals surface area contributed by atoms with E-state index in [-0.39, 0.29) is 6.61 Å². The van der Waals surface area contributed by atoms with Gasteiger partial charge in [0.15, 0.2) is 0 Å². The lowest BCUT2D eigenvalue weighted by Gasteiger charge is -2.14. The van der Waals surface area contributed by atoms with Gasteiger partial charge in [0.05, 0.1) is 18.8 Å². The van der Waals surface area contributed by atoms with Crippen LogP contribution in [0, 0.1) is 0 Å². The molecule has 0 aliphatic heterocycles. The van der Waals surface area contributed by atoms with Crippen LogP contribution in [0.15, 0.2) is 0 Å². The van der Waals surface area contributed by atoms with Gasteiger partial charge in [-0.05, 0) is 6.42 Å². The molecule has 0 aromatic heterocycles. The highest BCUT2D eigenvalue weighted by molar-refractivity contribution is 4.69. The fraction of sp³-hybridized carbons (Fsp3) is 1.00. The lowest BCUT2D eigenvalue weighted by atomic mass is 10.1. The van der Waals surface area contributed by atoms with E-state index in [1.807, 2.05) is 6.92 Å². The Morgan fingerprint density at radius 2 is 2.11 bits per heavy atom. The van der Waals surface area contributed by atoms with E-state index in [1.54, 1.807) is 0 Å². The van der Waals surface area contributed by atoms with Crippen LogP contribution in [0.4, 0.5) is 0 Å². The van der Waals surface area contributed by atoms with Crippen molar-refractivity contribution in [1.82, 2.24) is 0 Å². The van der Waals surface area contributed by atoms with Crippen LogP contribution in [-0.4, -0.2) is 29.0 Å². The summed E-state index contributed by atoms with van der Waals surface area (Å²) in [4.78, 5) is 0. The van der Waals surface area contributed by atoms with E-state index < -0.39 is 12.1 Å². The topological polar surface area (TPSA) is 66.5 Å². The van der Waals surface area contributed by atoms with Crippen LogP contribution >= 0.6 is 0 Å². The van der Waals surface area contributed by atoms with E-state index >= 15 is 0 Å². The van der Waals surface area contributed by atoms with Crippen LogP contribution in [0.25, 0.3) is 0 Å². The molecule has 2 atom stereocenters. The maximum absolute atomic E-state index is 9.03. The Kier molecular flexibility index (Phi) is 4.67. The minimum absolute atomic E-state index is 0.138. The third-order valence-corrected chi connectivity index (χ3v) is 1.29. The van der Waals surface area contributed by atoms with Crippen molar-refractivity contribution in [2.75, 3.05) is 6.61 Å². The molecule has 0 saturated heterocycles. The highest BCUT2D eigenvalue weighted by atomic mass is 16.3. The summed E-state index contributed by atoms with van der Waals surface area (Å²) in [6.45, 7) is 1.83. The molecule has 0 saturated carbocycles. The predicted octanol–water partition coefficient (Wildman–Crippen LogP) is -0.533. The Morgan fingerprint density at radius 3 is 2.44 bits per heavy atom. The monoisotopic (exact) mass is 133 g/mol. The second kappa shape index (κ2) is 4.73. The van der Waals surface area contributed by atoms with E-state index in [0.29, 0.717) is 6.42 Å². The first kappa shape index (κ1) is 8.88. The zero-order valence-electron chi connectivity index (χ0n) is 5.75. The molecule has 0 bridgehead atoms. The summed E-state index contributed by atoms with van der Waals surface area (Å²) in [6, 6.07) is -0.468. The molecule has 0 radical (unpaired) electrons. The maximum atomic E-state index is 9.03. The Hall–Kier alpha value is -0.120. The van der Waals surface area contributed by atoms with Gasteiger partial charge in [0.25, 0.3) is 0 Å². The molecule has 0 fully saturated rings. The molecule has 4 N–H and O–H groups in total. The Bertz CT molecular complexity index is 68.1. The van der Waals surface area contributed by atoms with E-state index in [9.17, 15) is 0 Å². The number of hydrogen-bond acceptors (Lipinski definition) is 3. The van der Waals surface area contributed by atoms with E-state index in [2.05, 4.69) is 0 Å². The standard InChI is InChI=1S/C6H15NO2/c1-2-3-6(9)5(7)4-8/h5-6,8-9H,2-4,7H2,1H3/t5-,6-/m0/s1. The SMILES string of the molecule is CCC[C@H](O)[C@@H](N)CO. The molecule has 56 valence electrons. The molecule has 9 heavy (non-hydrogen) atoms. The number of aliphatic hydroxyl groups is 2. The van der Waals surface area contributed by atoms with Gasteiger partial charge in [-0.2, -0.15) is 0 Å². The van der Waals surface area contributed by atoms with Gasteiger partial charge in [0.1, 0.15) is 0 Å². The normalized spacial score (nSPS) is 17.3. The van der Waals surface area contributed by atoms with Gasteiger partial charge in [-0.25, -0.2) is 0 Å². The summed E-state index contributed by atoms with van der Waals surface area (Å²) < 4.78 is 0. The summed E-state index contributed by atoms with van der Waals surface area (Å²) in [7, 11) is 0. The molecule has 0 heterocycles. The third kappa shape index (κ3) is 3.46.